The van der Waals surface area contributed by atoms with Crippen LogP contribution in [0.4, 0.5) is 0 Å². The molecule has 0 saturated heterocycles. The van der Waals surface area contributed by atoms with Crippen molar-refractivity contribution in [2.75, 3.05) is 0 Å². The third-order valence-electron chi connectivity index (χ3n) is 10.0. The summed E-state index contributed by atoms with van der Waals surface area (Å²) in [5.41, 5.74) is 7.62. The molecule has 8 rings (SSSR count). The lowest BCUT2D eigenvalue weighted by atomic mass is 9.74. The average Bonchev–Trinajstić information content (AvgIpc) is 3.20. The fourth-order valence-corrected chi connectivity index (χ4v) is 9.54. The van der Waals surface area contributed by atoms with E-state index in [0.717, 1.165) is 66.1 Å². The van der Waals surface area contributed by atoms with Crippen LogP contribution in [0.15, 0.2) is 194 Å². The van der Waals surface area contributed by atoms with Gasteiger partial charge in [0.1, 0.15) is 0 Å². The van der Waals surface area contributed by atoms with Crippen molar-refractivity contribution in [3.8, 4) is 11.1 Å². The van der Waals surface area contributed by atoms with Gasteiger partial charge in [0.2, 0.25) is 10.3 Å². The molecule has 0 aromatic heterocycles. The van der Waals surface area contributed by atoms with E-state index in [1.165, 1.54) is 0 Å². The molecule has 0 aliphatic carbocycles. The van der Waals surface area contributed by atoms with E-state index in [1.54, 1.807) is 0 Å². The highest BCUT2D eigenvalue weighted by molar-refractivity contribution is 7.26. The van der Waals surface area contributed by atoms with Crippen LogP contribution in [0.1, 0.15) is 33.4 Å². The van der Waals surface area contributed by atoms with Crippen LogP contribution in [0.25, 0.3) is 32.7 Å². The van der Waals surface area contributed by atoms with Crippen molar-refractivity contribution in [2.45, 2.75) is 10.3 Å². The molecule has 8 aromatic carbocycles. The highest BCUT2D eigenvalue weighted by Crippen LogP contribution is 2.57. The Kier molecular flexibility index (Phi) is 8.51. The third kappa shape index (κ3) is 5.04. The van der Waals surface area contributed by atoms with Gasteiger partial charge < -0.3 is 0 Å². The molecule has 0 radical (unpaired) electrons. The van der Waals surface area contributed by atoms with Gasteiger partial charge in [-0.2, -0.15) is 0 Å². The molecule has 2 unspecified atom stereocenters. The summed E-state index contributed by atoms with van der Waals surface area (Å²) in [6.45, 7) is 0. The number of rotatable bonds is 9. The molecule has 8 aromatic rings. The first-order chi connectivity index (χ1) is 24.7. The maximum Gasteiger partial charge on any atom is 0.345 e. The van der Waals surface area contributed by atoms with Gasteiger partial charge in [-0.1, -0.05) is 203 Å². The van der Waals surface area contributed by atoms with Gasteiger partial charge in [-0.05, 0) is 32.7 Å². The summed E-state index contributed by atoms with van der Waals surface area (Å²) in [6, 6.07) is 66.3. The van der Waals surface area contributed by atoms with E-state index < -0.39 is 27.2 Å². The standard InChI is InChI=1S/C46H32O2P2/c47-49-45(35-19-5-1-6-20-35,36-21-7-2-8-22-36)41-31-29-33-17-13-15-27-39(33)43(41)44-40-28-16-14-18-34(40)30-32-42(44)46(50-48,37-23-9-3-10-24-37)38-25-11-4-12-26-38/h1-32H/p+2. The van der Waals surface area contributed by atoms with Crippen LogP contribution in [0.5, 0.6) is 0 Å². The minimum atomic E-state index is -1.00. The Bertz CT molecular complexity index is 2210. The minimum Gasteiger partial charge on any atom is -0.0756 e. The Balaban J connectivity index is 1.62. The smallest absolute Gasteiger partial charge is 0.0756 e. The molecule has 0 fully saturated rings. The van der Waals surface area contributed by atoms with Gasteiger partial charge in [-0.25, -0.2) is 0 Å². The zero-order chi connectivity index (χ0) is 34.0. The molecule has 0 bridgehead atoms. The first-order valence-corrected chi connectivity index (χ1v) is 18.6. The number of fused-ring (bicyclic) bond motifs is 2. The second kappa shape index (κ2) is 13.4. The van der Waals surface area contributed by atoms with Gasteiger partial charge in [0.05, 0.1) is 0 Å². The van der Waals surface area contributed by atoms with Crippen molar-refractivity contribution in [1.82, 2.24) is 0 Å². The molecule has 0 aliphatic rings. The Labute approximate surface area is 295 Å². The molecule has 0 aliphatic heterocycles. The molecule has 2 nitrogen and oxygen atoms in total. The summed E-state index contributed by atoms with van der Waals surface area (Å²) in [7, 11) is -1.48. The average molecular weight is 681 g/mol. The minimum absolute atomic E-state index is 0.740. The Hall–Kier alpha value is -5.52. The van der Waals surface area contributed by atoms with E-state index in [-0.39, 0.29) is 0 Å². The fourth-order valence-electron chi connectivity index (χ4n) is 7.76. The van der Waals surface area contributed by atoms with E-state index in [9.17, 15) is 9.13 Å². The maximum atomic E-state index is 14.3. The number of hydrogen-bond acceptors (Lipinski definition) is 2. The van der Waals surface area contributed by atoms with E-state index in [2.05, 4.69) is 121 Å². The number of hydrogen-bond donors (Lipinski definition) is 0. The molecular weight excluding hydrogens is 646 g/mol. The lowest BCUT2D eigenvalue weighted by Gasteiger charge is -2.30. The van der Waals surface area contributed by atoms with Crippen LogP contribution in [0.3, 0.4) is 0 Å². The molecule has 0 amide bonds. The Morgan fingerprint density at radius 1 is 0.300 bits per heavy atom. The lowest BCUT2D eigenvalue weighted by Crippen LogP contribution is -2.26. The van der Waals surface area contributed by atoms with Gasteiger partial charge in [-0.3, -0.25) is 0 Å². The summed E-state index contributed by atoms with van der Waals surface area (Å²) < 4.78 is 28.6. The van der Waals surface area contributed by atoms with Crippen molar-refractivity contribution < 1.29 is 9.13 Å². The molecule has 2 atom stereocenters. The Morgan fingerprint density at radius 2 is 0.580 bits per heavy atom. The molecule has 0 saturated carbocycles. The van der Waals surface area contributed by atoms with Gasteiger partial charge in [0, 0.05) is 33.4 Å². The van der Waals surface area contributed by atoms with Crippen molar-refractivity contribution in [3.63, 3.8) is 0 Å². The monoisotopic (exact) mass is 680 g/mol. The fraction of sp³-hybridized carbons (Fsp3) is 0.0435. The van der Waals surface area contributed by atoms with Gasteiger partial charge in [0.15, 0.2) is 0 Å². The van der Waals surface area contributed by atoms with Crippen LogP contribution < -0.4 is 0 Å². The zero-order valence-electron chi connectivity index (χ0n) is 27.3. The predicted octanol–water partition coefficient (Wildman–Crippen LogP) is 12.3. The normalized spacial score (nSPS) is 12.1. The lowest BCUT2D eigenvalue weighted by molar-refractivity contribution is 0.585. The van der Waals surface area contributed by atoms with Crippen molar-refractivity contribution >= 4 is 38.5 Å². The summed E-state index contributed by atoms with van der Waals surface area (Å²) in [5.74, 6) is 0. The van der Waals surface area contributed by atoms with E-state index in [4.69, 9.17) is 0 Å². The zero-order valence-corrected chi connectivity index (χ0v) is 29.3. The first kappa shape index (κ1) is 31.7. The summed E-state index contributed by atoms with van der Waals surface area (Å²) >= 11 is 0. The SMILES string of the molecule is O=[PH+]C(c1ccccc1)(c1ccccc1)c1ccc2ccccc2c1-c1c(C([PH+]=O)(c2ccccc2)c2ccccc2)ccc2ccccc12. The van der Waals surface area contributed by atoms with Crippen molar-refractivity contribution in [1.29, 1.82) is 0 Å². The van der Waals surface area contributed by atoms with E-state index in [0.29, 0.717) is 0 Å². The molecule has 238 valence electrons. The molecule has 4 heteroatoms. The third-order valence-corrected chi connectivity index (χ3v) is 12.4. The maximum absolute atomic E-state index is 14.3. The second-order valence-electron chi connectivity index (χ2n) is 12.6. The van der Waals surface area contributed by atoms with Gasteiger partial charge in [0.25, 0.3) is 0 Å². The first-order valence-electron chi connectivity index (χ1n) is 16.8. The van der Waals surface area contributed by atoms with E-state index >= 15 is 0 Å². The quantitative estimate of drug-likeness (QED) is 0.112. The van der Waals surface area contributed by atoms with Crippen LogP contribution in [0.2, 0.25) is 0 Å². The van der Waals surface area contributed by atoms with Crippen molar-refractivity contribution in [2.24, 2.45) is 0 Å². The number of benzene rings is 8. The van der Waals surface area contributed by atoms with Gasteiger partial charge in [-0.15, -0.1) is 0 Å². The molecule has 0 spiro atoms. The summed E-state index contributed by atoms with van der Waals surface area (Å²) in [4.78, 5) is 0. The molecular formula is C46H34O2P2+2. The highest BCUT2D eigenvalue weighted by Gasteiger charge is 2.50. The molecule has 0 heterocycles. The van der Waals surface area contributed by atoms with Crippen LogP contribution in [-0.4, -0.2) is 0 Å². The largest absolute Gasteiger partial charge is 0.345 e. The van der Waals surface area contributed by atoms with Crippen LogP contribution in [-0.2, 0) is 19.4 Å². The molecule has 0 N–H and O–H groups in total. The van der Waals surface area contributed by atoms with Crippen molar-refractivity contribution in [3.05, 3.63) is 228 Å². The van der Waals surface area contributed by atoms with Crippen LogP contribution >= 0.6 is 16.9 Å². The second-order valence-corrected chi connectivity index (χ2v) is 14.5. The Morgan fingerprint density at radius 3 is 0.880 bits per heavy atom. The van der Waals surface area contributed by atoms with E-state index in [1.807, 2.05) is 72.8 Å². The molecule has 50 heavy (non-hydrogen) atoms. The topological polar surface area (TPSA) is 34.1 Å². The van der Waals surface area contributed by atoms with Gasteiger partial charge >= 0.3 is 16.9 Å². The summed E-state index contributed by atoms with van der Waals surface area (Å²) in [6.07, 6.45) is 0. The highest BCUT2D eigenvalue weighted by atomic mass is 31.1. The summed E-state index contributed by atoms with van der Waals surface area (Å²) in [5, 5.41) is 2.23. The van der Waals surface area contributed by atoms with Crippen LogP contribution in [0, 0.1) is 0 Å². The predicted molar refractivity (Wildman–Crippen MR) is 210 cm³/mol.